The fourth-order valence-corrected chi connectivity index (χ4v) is 1.59. The molecule has 0 saturated carbocycles. The second-order valence-corrected chi connectivity index (χ2v) is 4.73. The molecule has 1 nitrogen and oxygen atoms in total. The van der Waals surface area contributed by atoms with E-state index in [0.29, 0.717) is 5.92 Å². The van der Waals surface area contributed by atoms with E-state index in [9.17, 15) is 4.39 Å². The molecule has 1 rings (SSSR count). The molecular weight excluding hydrogens is 213 g/mol. The highest BCUT2D eigenvalue weighted by molar-refractivity contribution is 5.52. The zero-order chi connectivity index (χ0) is 12.7. The lowest BCUT2D eigenvalue weighted by molar-refractivity contribution is 0.569. The Hall–Kier alpha value is -1.15. The van der Waals surface area contributed by atoms with Crippen molar-refractivity contribution in [2.75, 3.05) is 13.1 Å². The first-order valence-corrected chi connectivity index (χ1v) is 6.27. The van der Waals surface area contributed by atoms with Gasteiger partial charge in [-0.05, 0) is 36.6 Å². The first kappa shape index (κ1) is 13.9. The second-order valence-electron chi connectivity index (χ2n) is 4.73. The Balaban J connectivity index is 2.57. The van der Waals surface area contributed by atoms with Gasteiger partial charge in [-0.15, -0.1) is 0 Å². The topological polar surface area (TPSA) is 12.0 Å². The van der Waals surface area contributed by atoms with Gasteiger partial charge in [-0.3, -0.25) is 0 Å². The summed E-state index contributed by atoms with van der Waals surface area (Å²) in [4.78, 5) is 0. The Morgan fingerprint density at radius 2 is 1.94 bits per heavy atom. The number of halogens is 1. The van der Waals surface area contributed by atoms with Crippen LogP contribution in [0.15, 0.2) is 29.8 Å². The molecule has 0 aliphatic rings. The zero-order valence-corrected chi connectivity index (χ0v) is 11.0. The minimum Gasteiger partial charge on any atom is -0.313 e. The van der Waals surface area contributed by atoms with E-state index in [-0.39, 0.29) is 5.82 Å². The van der Waals surface area contributed by atoms with Gasteiger partial charge < -0.3 is 5.32 Å². The monoisotopic (exact) mass is 235 g/mol. The molecule has 1 aromatic rings. The molecule has 17 heavy (non-hydrogen) atoms. The summed E-state index contributed by atoms with van der Waals surface area (Å²) < 4.78 is 12.8. The Morgan fingerprint density at radius 3 is 2.47 bits per heavy atom. The smallest absolute Gasteiger partial charge is 0.123 e. The van der Waals surface area contributed by atoms with Crippen molar-refractivity contribution in [3.63, 3.8) is 0 Å². The van der Waals surface area contributed by atoms with Gasteiger partial charge in [0.1, 0.15) is 5.82 Å². The largest absolute Gasteiger partial charge is 0.313 e. The van der Waals surface area contributed by atoms with Crippen molar-refractivity contribution in [1.82, 2.24) is 5.32 Å². The van der Waals surface area contributed by atoms with Crippen molar-refractivity contribution in [2.45, 2.75) is 27.2 Å². The summed E-state index contributed by atoms with van der Waals surface area (Å²) in [6.45, 7) is 8.48. The second kappa shape index (κ2) is 7.23. The summed E-state index contributed by atoms with van der Waals surface area (Å²) in [5, 5.41) is 3.43. The van der Waals surface area contributed by atoms with E-state index < -0.39 is 0 Å². The molecule has 0 unspecified atom stereocenters. The van der Waals surface area contributed by atoms with E-state index in [1.54, 1.807) is 0 Å². The maximum atomic E-state index is 12.8. The molecule has 1 aromatic carbocycles. The molecule has 0 fully saturated rings. The average Bonchev–Trinajstić information content (AvgIpc) is 2.30. The van der Waals surface area contributed by atoms with Crippen LogP contribution >= 0.6 is 0 Å². The van der Waals surface area contributed by atoms with Gasteiger partial charge in [0.05, 0.1) is 0 Å². The van der Waals surface area contributed by atoms with Gasteiger partial charge >= 0.3 is 0 Å². The van der Waals surface area contributed by atoms with Crippen molar-refractivity contribution in [2.24, 2.45) is 5.92 Å². The lowest BCUT2D eigenvalue weighted by Gasteiger charge is -2.09. The third-order valence-electron chi connectivity index (χ3n) is 2.60. The van der Waals surface area contributed by atoms with E-state index in [2.05, 4.69) is 32.2 Å². The molecule has 0 heterocycles. The van der Waals surface area contributed by atoms with Crippen molar-refractivity contribution in [1.29, 1.82) is 0 Å². The number of rotatable bonds is 6. The van der Waals surface area contributed by atoms with Crippen LogP contribution in [0.5, 0.6) is 0 Å². The van der Waals surface area contributed by atoms with Crippen molar-refractivity contribution in [3.8, 4) is 0 Å². The number of hydrogen-bond acceptors (Lipinski definition) is 1. The van der Waals surface area contributed by atoms with Gasteiger partial charge in [-0.25, -0.2) is 4.39 Å². The maximum Gasteiger partial charge on any atom is 0.123 e. The Labute approximate surface area is 104 Å². The molecular formula is C15H22FN. The number of nitrogens with one attached hydrogen (secondary N) is 1. The Kier molecular flexibility index (Phi) is 5.92. The highest BCUT2D eigenvalue weighted by Crippen LogP contribution is 2.10. The van der Waals surface area contributed by atoms with Crippen LogP contribution in [0.4, 0.5) is 4.39 Å². The van der Waals surface area contributed by atoms with Gasteiger partial charge in [0, 0.05) is 6.54 Å². The molecule has 1 N–H and O–H groups in total. The average molecular weight is 235 g/mol. The third kappa shape index (κ3) is 5.64. The van der Waals surface area contributed by atoms with Gasteiger partial charge in [-0.1, -0.05) is 44.6 Å². The van der Waals surface area contributed by atoms with Gasteiger partial charge in [0.2, 0.25) is 0 Å². The maximum absolute atomic E-state index is 12.8. The minimum atomic E-state index is -0.182. The quantitative estimate of drug-likeness (QED) is 0.789. The highest BCUT2D eigenvalue weighted by Gasteiger charge is 1.98. The molecule has 0 saturated heterocycles. The summed E-state index contributed by atoms with van der Waals surface area (Å²) in [5.41, 5.74) is 2.41. The van der Waals surface area contributed by atoms with E-state index in [1.165, 1.54) is 17.7 Å². The number of hydrogen-bond donors (Lipinski definition) is 1. The summed E-state index contributed by atoms with van der Waals surface area (Å²) in [6, 6.07) is 6.63. The molecule has 94 valence electrons. The summed E-state index contributed by atoms with van der Waals surface area (Å²) in [6.07, 6.45) is 3.15. The van der Waals surface area contributed by atoms with Crippen LogP contribution in [-0.2, 0) is 0 Å². The van der Waals surface area contributed by atoms with Crippen LogP contribution < -0.4 is 5.32 Å². The van der Waals surface area contributed by atoms with Crippen LogP contribution in [0.3, 0.4) is 0 Å². The SMILES string of the molecule is CCC(=Cc1ccc(F)cc1)CNCC(C)C. The molecule has 0 atom stereocenters. The predicted octanol–water partition coefficient (Wildman–Crippen LogP) is 3.86. The molecule has 0 bridgehead atoms. The summed E-state index contributed by atoms with van der Waals surface area (Å²) in [7, 11) is 0. The predicted molar refractivity (Wildman–Crippen MR) is 72.4 cm³/mol. The van der Waals surface area contributed by atoms with E-state index in [0.717, 1.165) is 25.1 Å². The lowest BCUT2D eigenvalue weighted by Crippen LogP contribution is -2.21. The number of benzene rings is 1. The van der Waals surface area contributed by atoms with Gasteiger partial charge in [0.25, 0.3) is 0 Å². The van der Waals surface area contributed by atoms with Gasteiger partial charge in [0.15, 0.2) is 0 Å². The molecule has 2 heteroatoms. The molecule has 0 aromatic heterocycles. The van der Waals surface area contributed by atoms with E-state index in [4.69, 9.17) is 0 Å². The Bertz CT molecular complexity index is 352. The fraction of sp³-hybridized carbons (Fsp3) is 0.467. The molecule has 0 amide bonds. The molecule has 0 spiro atoms. The molecule has 0 aliphatic heterocycles. The minimum absolute atomic E-state index is 0.182. The van der Waals surface area contributed by atoms with E-state index in [1.807, 2.05) is 12.1 Å². The van der Waals surface area contributed by atoms with Crippen LogP contribution in [0.25, 0.3) is 6.08 Å². The van der Waals surface area contributed by atoms with Crippen LogP contribution in [-0.4, -0.2) is 13.1 Å². The fourth-order valence-electron chi connectivity index (χ4n) is 1.59. The molecule has 0 radical (unpaired) electrons. The first-order valence-electron chi connectivity index (χ1n) is 6.27. The molecule has 0 aliphatic carbocycles. The van der Waals surface area contributed by atoms with E-state index >= 15 is 0 Å². The van der Waals surface area contributed by atoms with Crippen LogP contribution in [0, 0.1) is 11.7 Å². The zero-order valence-electron chi connectivity index (χ0n) is 11.0. The van der Waals surface area contributed by atoms with Crippen molar-refractivity contribution in [3.05, 3.63) is 41.2 Å². The Morgan fingerprint density at radius 1 is 1.29 bits per heavy atom. The standard InChI is InChI=1S/C15H22FN/c1-4-13(11-17-10-12(2)3)9-14-5-7-15(16)8-6-14/h5-9,12,17H,4,10-11H2,1-3H3. The van der Waals surface area contributed by atoms with Crippen molar-refractivity contribution >= 4 is 6.08 Å². The van der Waals surface area contributed by atoms with Crippen LogP contribution in [0.1, 0.15) is 32.8 Å². The first-order chi connectivity index (χ1) is 8.11. The lowest BCUT2D eigenvalue weighted by atomic mass is 10.1. The van der Waals surface area contributed by atoms with Crippen molar-refractivity contribution < 1.29 is 4.39 Å². The summed E-state index contributed by atoms with van der Waals surface area (Å²) >= 11 is 0. The highest BCUT2D eigenvalue weighted by atomic mass is 19.1. The van der Waals surface area contributed by atoms with Crippen LogP contribution in [0.2, 0.25) is 0 Å². The van der Waals surface area contributed by atoms with Gasteiger partial charge in [-0.2, -0.15) is 0 Å². The normalized spacial score (nSPS) is 12.2. The third-order valence-corrected chi connectivity index (χ3v) is 2.60. The summed E-state index contributed by atoms with van der Waals surface area (Å²) in [5.74, 6) is 0.483.